The lowest BCUT2D eigenvalue weighted by molar-refractivity contribution is 0.258. The fourth-order valence-electron chi connectivity index (χ4n) is 0.715. The molecule has 0 atom stereocenters. The molecule has 1 aliphatic rings. The topological polar surface area (TPSA) is 35.8 Å². The number of β-amino-alcohol motifs (C(OH)–C–C–N with tert-alkyl or cyclic N) is 1. The zero-order valence-corrected chi connectivity index (χ0v) is 4.75. The molecule has 0 spiro atoms. The smallest absolute Gasteiger partial charge is 0.0852 e. The number of aliphatic imine (C=N–C) groups is 1. The van der Waals surface area contributed by atoms with Gasteiger partial charge in [0, 0.05) is 13.1 Å². The summed E-state index contributed by atoms with van der Waals surface area (Å²) < 4.78 is 0. The Bertz CT molecular complexity index is 92.4. The minimum absolute atomic E-state index is 0.228. The van der Waals surface area contributed by atoms with E-state index in [2.05, 4.69) is 4.99 Å². The molecule has 0 unspecified atom stereocenters. The van der Waals surface area contributed by atoms with Gasteiger partial charge in [0.1, 0.15) is 0 Å². The van der Waals surface area contributed by atoms with Crippen LogP contribution in [0.1, 0.15) is 0 Å². The van der Waals surface area contributed by atoms with E-state index < -0.39 is 0 Å². The molecule has 1 N–H and O–H groups in total. The molecule has 0 aromatic rings. The fraction of sp³-hybridized carbons (Fsp3) is 0.800. The lowest BCUT2D eigenvalue weighted by Gasteiger charge is -2.09. The quantitative estimate of drug-likeness (QED) is 0.516. The van der Waals surface area contributed by atoms with Crippen molar-refractivity contribution in [3.63, 3.8) is 0 Å². The lowest BCUT2D eigenvalue weighted by Crippen LogP contribution is -2.22. The molecule has 46 valence electrons. The van der Waals surface area contributed by atoms with E-state index in [4.69, 9.17) is 5.11 Å². The van der Waals surface area contributed by atoms with Crippen molar-refractivity contribution in [2.24, 2.45) is 4.99 Å². The average molecular weight is 114 g/mol. The van der Waals surface area contributed by atoms with E-state index in [-0.39, 0.29) is 6.61 Å². The average Bonchev–Trinajstić information content (AvgIpc) is 2.19. The van der Waals surface area contributed by atoms with Gasteiger partial charge in [-0.15, -0.1) is 0 Å². The molecule has 0 saturated carbocycles. The normalized spacial score (nSPS) is 17.9. The van der Waals surface area contributed by atoms with Crippen LogP contribution in [-0.2, 0) is 0 Å². The van der Waals surface area contributed by atoms with Crippen molar-refractivity contribution in [1.29, 1.82) is 0 Å². The number of rotatable bonds is 2. The maximum Gasteiger partial charge on any atom is 0.0852 e. The monoisotopic (exact) mass is 114 g/mol. The molecule has 0 amide bonds. The molecule has 8 heavy (non-hydrogen) atoms. The van der Waals surface area contributed by atoms with E-state index in [1.165, 1.54) is 0 Å². The van der Waals surface area contributed by atoms with E-state index in [0.29, 0.717) is 0 Å². The molecule has 1 rings (SSSR count). The molecule has 1 aliphatic heterocycles. The van der Waals surface area contributed by atoms with Crippen LogP contribution in [0.4, 0.5) is 0 Å². The Morgan fingerprint density at radius 3 is 3.12 bits per heavy atom. The Morgan fingerprint density at radius 2 is 2.62 bits per heavy atom. The lowest BCUT2D eigenvalue weighted by atomic mass is 10.5. The maximum atomic E-state index is 8.42. The predicted molar refractivity (Wildman–Crippen MR) is 32.0 cm³/mol. The van der Waals surface area contributed by atoms with Gasteiger partial charge >= 0.3 is 0 Å². The van der Waals surface area contributed by atoms with Gasteiger partial charge in [-0.05, 0) is 0 Å². The van der Waals surface area contributed by atoms with Crippen LogP contribution >= 0.6 is 0 Å². The molecule has 0 aromatic carbocycles. The SMILES string of the molecule is OCCN1C=NCC1. The summed E-state index contributed by atoms with van der Waals surface area (Å²) in [5.41, 5.74) is 0. The highest BCUT2D eigenvalue weighted by atomic mass is 16.3. The summed E-state index contributed by atoms with van der Waals surface area (Å²) >= 11 is 0. The summed E-state index contributed by atoms with van der Waals surface area (Å²) in [6, 6.07) is 0. The Hall–Kier alpha value is -0.570. The zero-order valence-electron chi connectivity index (χ0n) is 4.75. The third kappa shape index (κ3) is 1.20. The summed E-state index contributed by atoms with van der Waals surface area (Å²) in [5, 5.41) is 8.42. The number of hydrogen-bond acceptors (Lipinski definition) is 3. The third-order valence-corrected chi connectivity index (χ3v) is 1.15. The van der Waals surface area contributed by atoms with Crippen LogP contribution in [0.2, 0.25) is 0 Å². The van der Waals surface area contributed by atoms with Crippen molar-refractivity contribution >= 4 is 6.34 Å². The molecule has 0 saturated heterocycles. The number of aliphatic hydroxyl groups excluding tert-OH is 1. The van der Waals surface area contributed by atoms with Crippen LogP contribution in [-0.4, -0.2) is 42.6 Å². The largest absolute Gasteiger partial charge is 0.395 e. The summed E-state index contributed by atoms with van der Waals surface area (Å²) in [5.74, 6) is 0. The molecule has 3 heteroatoms. The van der Waals surface area contributed by atoms with Crippen molar-refractivity contribution in [2.75, 3.05) is 26.2 Å². The Morgan fingerprint density at radius 1 is 1.75 bits per heavy atom. The predicted octanol–water partition coefficient (Wildman–Crippen LogP) is -0.677. The summed E-state index contributed by atoms with van der Waals surface area (Å²) in [7, 11) is 0. The minimum atomic E-state index is 0.228. The van der Waals surface area contributed by atoms with Gasteiger partial charge in [-0.25, -0.2) is 0 Å². The summed E-state index contributed by atoms with van der Waals surface area (Å²) in [6.45, 7) is 2.82. The highest BCUT2D eigenvalue weighted by Crippen LogP contribution is 1.89. The molecular formula is C5H10N2O. The number of nitrogens with zero attached hydrogens (tertiary/aromatic N) is 2. The second kappa shape index (κ2) is 2.67. The first-order chi connectivity index (χ1) is 3.93. The molecule has 0 bridgehead atoms. The zero-order chi connectivity index (χ0) is 5.82. The van der Waals surface area contributed by atoms with Gasteiger partial charge in [0.05, 0.1) is 19.5 Å². The second-order valence-corrected chi connectivity index (χ2v) is 1.78. The number of hydrogen-bond donors (Lipinski definition) is 1. The van der Waals surface area contributed by atoms with Crippen molar-refractivity contribution in [3.05, 3.63) is 0 Å². The summed E-state index contributed by atoms with van der Waals surface area (Å²) in [6.07, 6.45) is 1.79. The van der Waals surface area contributed by atoms with E-state index in [1.54, 1.807) is 6.34 Å². The molecule has 0 fully saturated rings. The van der Waals surface area contributed by atoms with E-state index >= 15 is 0 Å². The van der Waals surface area contributed by atoms with Crippen LogP contribution in [0.3, 0.4) is 0 Å². The standard InChI is InChI=1S/C5H10N2O/c8-4-3-7-2-1-6-5-7/h5,8H,1-4H2. The van der Waals surface area contributed by atoms with Crippen LogP contribution in [0.25, 0.3) is 0 Å². The summed E-state index contributed by atoms with van der Waals surface area (Å²) in [4.78, 5) is 5.97. The molecule has 3 nitrogen and oxygen atoms in total. The molecule has 0 radical (unpaired) electrons. The maximum absolute atomic E-state index is 8.42. The van der Waals surface area contributed by atoms with Crippen LogP contribution in [0.15, 0.2) is 4.99 Å². The van der Waals surface area contributed by atoms with Gasteiger partial charge in [-0.2, -0.15) is 0 Å². The fourth-order valence-corrected chi connectivity index (χ4v) is 0.715. The minimum Gasteiger partial charge on any atom is -0.395 e. The van der Waals surface area contributed by atoms with Crippen LogP contribution in [0, 0.1) is 0 Å². The van der Waals surface area contributed by atoms with Crippen molar-refractivity contribution in [1.82, 2.24) is 4.90 Å². The Labute approximate surface area is 48.6 Å². The Kier molecular flexibility index (Phi) is 1.86. The second-order valence-electron chi connectivity index (χ2n) is 1.78. The van der Waals surface area contributed by atoms with Crippen molar-refractivity contribution in [2.45, 2.75) is 0 Å². The van der Waals surface area contributed by atoms with Crippen LogP contribution in [0.5, 0.6) is 0 Å². The van der Waals surface area contributed by atoms with Crippen LogP contribution < -0.4 is 0 Å². The van der Waals surface area contributed by atoms with Gasteiger partial charge in [-0.3, -0.25) is 4.99 Å². The first-order valence-electron chi connectivity index (χ1n) is 2.78. The van der Waals surface area contributed by atoms with Gasteiger partial charge in [0.15, 0.2) is 0 Å². The van der Waals surface area contributed by atoms with Gasteiger partial charge in [-0.1, -0.05) is 0 Å². The highest BCUT2D eigenvalue weighted by Gasteiger charge is 2.01. The van der Waals surface area contributed by atoms with E-state index in [1.807, 2.05) is 4.90 Å². The third-order valence-electron chi connectivity index (χ3n) is 1.15. The molecule has 0 aliphatic carbocycles. The van der Waals surface area contributed by atoms with Gasteiger partial charge in [0.25, 0.3) is 0 Å². The first kappa shape index (κ1) is 5.56. The first-order valence-corrected chi connectivity index (χ1v) is 2.78. The molecule has 0 aromatic heterocycles. The van der Waals surface area contributed by atoms with Crippen molar-refractivity contribution in [3.8, 4) is 0 Å². The molecular weight excluding hydrogens is 104 g/mol. The van der Waals surface area contributed by atoms with Gasteiger partial charge < -0.3 is 10.0 Å². The Balaban J connectivity index is 2.16. The van der Waals surface area contributed by atoms with Crippen molar-refractivity contribution < 1.29 is 5.11 Å². The van der Waals surface area contributed by atoms with E-state index in [0.717, 1.165) is 19.6 Å². The highest BCUT2D eigenvalue weighted by molar-refractivity contribution is 5.56. The van der Waals surface area contributed by atoms with Gasteiger partial charge in [0.2, 0.25) is 0 Å². The molecule has 1 heterocycles. The van der Waals surface area contributed by atoms with E-state index in [9.17, 15) is 0 Å². The number of aliphatic hydroxyl groups is 1.